The molecule has 1 N–H and O–H groups in total. The Balaban J connectivity index is 2.54. The van der Waals surface area contributed by atoms with E-state index < -0.39 is 0 Å². The molecule has 1 aromatic heterocycles. The van der Waals surface area contributed by atoms with Crippen molar-refractivity contribution in [3.63, 3.8) is 0 Å². The van der Waals surface area contributed by atoms with Crippen LogP contribution in [0.15, 0.2) is 18.2 Å². The summed E-state index contributed by atoms with van der Waals surface area (Å²) < 4.78 is 2.71. The normalized spacial score (nSPS) is 10.8. The van der Waals surface area contributed by atoms with E-state index in [2.05, 4.69) is 49.2 Å². The molecule has 0 radical (unpaired) electrons. The molecule has 18 heavy (non-hydrogen) atoms. The van der Waals surface area contributed by atoms with Gasteiger partial charge in [0.05, 0.1) is 0 Å². The van der Waals surface area contributed by atoms with Crippen molar-refractivity contribution in [3.8, 4) is 5.69 Å². The third-order valence-electron chi connectivity index (χ3n) is 3.19. The van der Waals surface area contributed by atoms with Gasteiger partial charge in [0.15, 0.2) is 4.77 Å². The zero-order valence-electron chi connectivity index (χ0n) is 11.2. The first-order valence-electron chi connectivity index (χ1n) is 6.43. The van der Waals surface area contributed by atoms with E-state index in [-0.39, 0.29) is 0 Å². The second kappa shape index (κ2) is 5.48. The summed E-state index contributed by atoms with van der Waals surface area (Å²) in [7, 11) is 0. The lowest BCUT2D eigenvalue weighted by molar-refractivity contribution is 0.800. The Hall–Kier alpha value is -1.42. The number of aromatic amines is 1. The van der Waals surface area contributed by atoms with Crippen molar-refractivity contribution in [2.45, 2.75) is 40.0 Å². The van der Waals surface area contributed by atoms with Gasteiger partial charge in [-0.3, -0.25) is 9.67 Å². The molecular weight excluding hydrogens is 242 g/mol. The maximum Gasteiger partial charge on any atom is 0.199 e. The zero-order valence-corrected chi connectivity index (χ0v) is 12.0. The van der Waals surface area contributed by atoms with Gasteiger partial charge in [-0.1, -0.05) is 19.9 Å². The van der Waals surface area contributed by atoms with Gasteiger partial charge in [-0.15, -0.1) is 0 Å². The summed E-state index contributed by atoms with van der Waals surface area (Å²) in [4.78, 5) is 0. The topological polar surface area (TPSA) is 33.6 Å². The van der Waals surface area contributed by atoms with Gasteiger partial charge in [0, 0.05) is 12.1 Å². The number of benzene rings is 1. The Kier molecular flexibility index (Phi) is 3.97. The summed E-state index contributed by atoms with van der Waals surface area (Å²) in [5.41, 5.74) is 3.80. The molecule has 4 heteroatoms. The minimum Gasteiger partial charge on any atom is -0.272 e. The highest BCUT2D eigenvalue weighted by Crippen LogP contribution is 2.17. The van der Waals surface area contributed by atoms with Crippen LogP contribution < -0.4 is 0 Å². The van der Waals surface area contributed by atoms with Gasteiger partial charge < -0.3 is 0 Å². The van der Waals surface area contributed by atoms with Gasteiger partial charge in [-0.2, -0.15) is 5.10 Å². The van der Waals surface area contributed by atoms with Crippen molar-refractivity contribution < 1.29 is 0 Å². The fourth-order valence-electron chi connectivity index (χ4n) is 2.17. The summed E-state index contributed by atoms with van der Waals surface area (Å²) in [6.45, 7) is 6.46. The van der Waals surface area contributed by atoms with Gasteiger partial charge in [-0.05, 0) is 55.2 Å². The van der Waals surface area contributed by atoms with E-state index in [9.17, 15) is 0 Å². The van der Waals surface area contributed by atoms with Gasteiger partial charge in [0.25, 0.3) is 0 Å². The molecular formula is C14H19N3S. The lowest BCUT2D eigenvalue weighted by atomic mass is 10.1. The van der Waals surface area contributed by atoms with Crippen LogP contribution in [0.1, 0.15) is 37.2 Å². The summed E-state index contributed by atoms with van der Waals surface area (Å²) >= 11 is 5.33. The summed E-state index contributed by atoms with van der Waals surface area (Å²) in [5, 5.41) is 7.19. The van der Waals surface area contributed by atoms with Gasteiger partial charge in [0.1, 0.15) is 5.82 Å². The molecule has 0 spiro atoms. The van der Waals surface area contributed by atoms with Gasteiger partial charge in [-0.25, -0.2) is 0 Å². The minimum absolute atomic E-state index is 0.671. The first kappa shape index (κ1) is 13.0. The Morgan fingerprint density at radius 3 is 2.78 bits per heavy atom. The molecule has 0 saturated heterocycles. The highest BCUT2D eigenvalue weighted by atomic mass is 32.1. The fourth-order valence-corrected chi connectivity index (χ4v) is 2.42. The van der Waals surface area contributed by atoms with Crippen molar-refractivity contribution in [2.75, 3.05) is 0 Å². The molecule has 0 atom stereocenters. The number of nitrogens with one attached hydrogen (secondary N) is 1. The molecule has 0 bridgehead atoms. The van der Waals surface area contributed by atoms with E-state index in [1.165, 1.54) is 11.1 Å². The smallest absolute Gasteiger partial charge is 0.199 e. The molecule has 0 unspecified atom stereocenters. The molecule has 2 rings (SSSR count). The van der Waals surface area contributed by atoms with Crippen molar-refractivity contribution in [1.82, 2.24) is 14.8 Å². The highest BCUT2D eigenvalue weighted by Gasteiger charge is 2.08. The summed E-state index contributed by atoms with van der Waals surface area (Å²) in [6.07, 6.45) is 3.03. The molecule has 0 saturated carbocycles. The predicted molar refractivity (Wildman–Crippen MR) is 76.9 cm³/mol. The average Bonchev–Trinajstić information content (AvgIpc) is 2.72. The van der Waals surface area contributed by atoms with Crippen molar-refractivity contribution in [3.05, 3.63) is 39.9 Å². The standard InChI is InChI=1S/C14H19N3S/c1-4-6-13-15-16-14(18)17(13)12-8-7-10(3)11(5-2)9-12/h7-9H,4-6H2,1-3H3,(H,16,18). The van der Waals surface area contributed by atoms with E-state index in [0.717, 1.165) is 30.8 Å². The second-order valence-electron chi connectivity index (χ2n) is 4.49. The number of aromatic nitrogens is 3. The van der Waals surface area contributed by atoms with Crippen LogP contribution >= 0.6 is 12.2 Å². The monoisotopic (exact) mass is 261 g/mol. The van der Waals surface area contributed by atoms with Crippen LogP contribution in [0.25, 0.3) is 5.69 Å². The van der Waals surface area contributed by atoms with Crippen LogP contribution in [-0.2, 0) is 12.8 Å². The van der Waals surface area contributed by atoms with E-state index >= 15 is 0 Å². The predicted octanol–water partition coefficient (Wildman–Crippen LogP) is 3.75. The van der Waals surface area contributed by atoms with Crippen molar-refractivity contribution in [1.29, 1.82) is 0 Å². The lowest BCUT2D eigenvalue weighted by Crippen LogP contribution is -2.02. The summed E-state index contributed by atoms with van der Waals surface area (Å²) in [5.74, 6) is 1.01. The maximum atomic E-state index is 5.33. The number of aryl methyl sites for hydroxylation is 3. The van der Waals surface area contributed by atoms with Crippen LogP contribution in [0.4, 0.5) is 0 Å². The first-order chi connectivity index (χ1) is 8.67. The number of rotatable bonds is 4. The van der Waals surface area contributed by atoms with Crippen molar-refractivity contribution in [2.24, 2.45) is 0 Å². The molecule has 3 nitrogen and oxygen atoms in total. The zero-order chi connectivity index (χ0) is 13.1. The summed E-state index contributed by atoms with van der Waals surface area (Å²) in [6, 6.07) is 6.47. The number of nitrogens with zero attached hydrogens (tertiary/aromatic N) is 2. The Bertz CT molecular complexity index is 595. The quantitative estimate of drug-likeness (QED) is 0.850. The minimum atomic E-state index is 0.671. The molecule has 1 aromatic carbocycles. The molecule has 0 aliphatic rings. The van der Waals surface area contributed by atoms with Crippen LogP contribution in [0.3, 0.4) is 0 Å². The van der Waals surface area contributed by atoms with E-state index in [4.69, 9.17) is 12.2 Å². The molecule has 1 heterocycles. The molecule has 96 valence electrons. The van der Waals surface area contributed by atoms with Crippen LogP contribution in [0, 0.1) is 11.7 Å². The first-order valence-corrected chi connectivity index (χ1v) is 6.84. The SMILES string of the molecule is CCCc1n[nH]c(=S)n1-c1ccc(C)c(CC)c1. The van der Waals surface area contributed by atoms with Crippen molar-refractivity contribution >= 4 is 12.2 Å². The average molecular weight is 261 g/mol. The van der Waals surface area contributed by atoms with E-state index in [1.54, 1.807) is 0 Å². The van der Waals surface area contributed by atoms with Crippen LogP contribution in [-0.4, -0.2) is 14.8 Å². The number of hydrogen-bond acceptors (Lipinski definition) is 2. The van der Waals surface area contributed by atoms with Gasteiger partial charge >= 0.3 is 0 Å². The number of hydrogen-bond donors (Lipinski definition) is 1. The Morgan fingerprint density at radius 1 is 1.33 bits per heavy atom. The maximum absolute atomic E-state index is 5.33. The third kappa shape index (κ3) is 2.38. The van der Waals surface area contributed by atoms with E-state index in [0.29, 0.717) is 4.77 Å². The molecule has 2 aromatic rings. The Morgan fingerprint density at radius 2 is 2.11 bits per heavy atom. The molecule has 0 aliphatic heterocycles. The molecule has 0 amide bonds. The molecule has 0 fully saturated rings. The largest absolute Gasteiger partial charge is 0.272 e. The lowest BCUT2D eigenvalue weighted by Gasteiger charge is -2.10. The molecule has 0 aliphatic carbocycles. The third-order valence-corrected chi connectivity index (χ3v) is 3.46. The van der Waals surface area contributed by atoms with Crippen LogP contribution in [0.5, 0.6) is 0 Å². The second-order valence-corrected chi connectivity index (χ2v) is 4.88. The Labute approximate surface area is 113 Å². The van der Waals surface area contributed by atoms with Gasteiger partial charge in [0.2, 0.25) is 0 Å². The highest BCUT2D eigenvalue weighted by molar-refractivity contribution is 7.71. The number of H-pyrrole nitrogens is 1. The fraction of sp³-hybridized carbons (Fsp3) is 0.429. The van der Waals surface area contributed by atoms with Crippen LogP contribution in [0.2, 0.25) is 0 Å². The van der Waals surface area contributed by atoms with E-state index in [1.807, 2.05) is 4.57 Å².